The van der Waals surface area contributed by atoms with Crippen LogP contribution in [-0.2, 0) is 19.0 Å². The summed E-state index contributed by atoms with van der Waals surface area (Å²) < 4.78 is 2.04. The first-order chi connectivity index (χ1) is 8.65. The molecule has 0 spiro atoms. The molecular formula is C15H21N3. The van der Waals surface area contributed by atoms with Crippen molar-refractivity contribution in [1.82, 2.24) is 9.55 Å². The maximum atomic E-state index is 6.64. The van der Waals surface area contributed by atoms with E-state index in [9.17, 15) is 0 Å². The van der Waals surface area contributed by atoms with Crippen LogP contribution in [-0.4, -0.2) is 9.55 Å². The smallest absolute Gasteiger partial charge is 0.110 e. The molecule has 0 saturated heterocycles. The first-order valence-corrected chi connectivity index (χ1v) is 6.46. The summed E-state index contributed by atoms with van der Waals surface area (Å²) in [5, 5.41) is 0. The van der Waals surface area contributed by atoms with Gasteiger partial charge in [0.05, 0.1) is 0 Å². The predicted octanol–water partition coefficient (Wildman–Crippen LogP) is 2.62. The number of nitrogens with zero attached hydrogens (tertiary/aromatic N) is 2. The van der Waals surface area contributed by atoms with Gasteiger partial charge in [0.15, 0.2) is 0 Å². The van der Waals surface area contributed by atoms with Crippen LogP contribution in [0.25, 0.3) is 0 Å². The predicted molar refractivity (Wildman–Crippen MR) is 74.1 cm³/mol. The molecule has 1 heterocycles. The molecule has 0 aliphatic carbocycles. The van der Waals surface area contributed by atoms with Gasteiger partial charge in [-0.2, -0.15) is 0 Å². The molecule has 1 aromatic heterocycles. The van der Waals surface area contributed by atoms with Crippen LogP contribution < -0.4 is 5.73 Å². The fourth-order valence-electron chi connectivity index (χ4n) is 2.40. The molecule has 1 aromatic carbocycles. The van der Waals surface area contributed by atoms with Gasteiger partial charge in [-0.25, -0.2) is 4.98 Å². The molecule has 2 aromatic rings. The van der Waals surface area contributed by atoms with Crippen LogP contribution in [0.1, 0.15) is 31.2 Å². The highest BCUT2D eigenvalue weighted by molar-refractivity contribution is 5.25. The molecule has 1 atom stereocenters. The fourth-order valence-corrected chi connectivity index (χ4v) is 2.40. The van der Waals surface area contributed by atoms with Crippen molar-refractivity contribution < 1.29 is 0 Å². The van der Waals surface area contributed by atoms with Crippen LogP contribution in [0.2, 0.25) is 0 Å². The minimum atomic E-state index is -0.324. The highest BCUT2D eigenvalue weighted by atomic mass is 15.0. The summed E-state index contributed by atoms with van der Waals surface area (Å²) in [5.41, 5.74) is 7.50. The molecule has 0 fully saturated rings. The average molecular weight is 243 g/mol. The van der Waals surface area contributed by atoms with E-state index in [1.54, 1.807) is 0 Å². The van der Waals surface area contributed by atoms with E-state index in [4.69, 9.17) is 5.73 Å². The highest BCUT2D eigenvalue weighted by Crippen LogP contribution is 2.27. The zero-order chi connectivity index (χ0) is 13.0. The molecule has 2 N–H and O–H groups in total. The summed E-state index contributed by atoms with van der Waals surface area (Å²) in [6.45, 7) is 2.17. The van der Waals surface area contributed by atoms with Gasteiger partial charge in [0.25, 0.3) is 0 Å². The molecule has 0 aliphatic rings. The van der Waals surface area contributed by atoms with Gasteiger partial charge in [-0.3, -0.25) is 0 Å². The van der Waals surface area contributed by atoms with Crippen LogP contribution in [0.3, 0.4) is 0 Å². The maximum Gasteiger partial charge on any atom is 0.110 e. The lowest BCUT2D eigenvalue weighted by atomic mass is 9.83. The third kappa shape index (κ3) is 2.62. The van der Waals surface area contributed by atoms with Crippen LogP contribution in [0.4, 0.5) is 0 Å². The van der Waals surface area contributed by atoms with Crippen molar-refractivity contribution in [2.45, 2.75) is 31.7 Å². The van der Waals surface area contributed by atoms with Gasteiger partial charge in [0.2, 0.25) is 0 Å². The lowest BCUT2D eigenvalue weighted by Gasteiger charge is -2.29. The fraction of sp³-hybridized carbons (Fsp3) is 0.400. The molecule has 0 saturated carbocycles. The van der Waals surface area contributed by atoms with Gasteiger partial charge in [-0.15, -0.1) is 0 Å². The first kappa shape index (κ1) is 12.8. The third-order valence-corrected chi connectivity index (χ3v) is 3.44. The summed E-state index contributed by atoms with van der Waals surface area (Å²) in [7, 11) is 2.01. The zero-order valence-electron chi connectivity index (χ0n) is 11.1. The number of rotatable bonds is 5. The van der Waals surface area contributed by atoms with E-state index in [0.29, 0.717) is 0 Å². The maximum absolute atomic E-state index is 6.64. The van der Waals surface area contributed by atoms with Crippen molar-refractivity contribution >= 4 is 0 Å². The van der Waals surface area contributed by atoms with Gasteiger partial charge < -0.3 is 10.3 Å². The van der Waals surface area contributed by atoms with Crippen molar-refractivity contribution in [2.75, 3.05) is 0 Å². The van der Waals surface area contributed by atoms with Crippen molar-refractivity contribution in [3.8, 4) is 0 Å². The monoisotopic (exact) mass is 243 g/mol. The van der Waals surface area contributed by atoms with Crippen molar-refractivity contribution in [3.63, 3.8) is 0 Å². The summed E-state index contributed by atoms with van der Waals surface area (Å²) in [4.78, 5) is 4.39. The average Bonchev–Trinajstić information content (AvgIpc) is 2.76. The van der Waals surface area contributed by atoms with Crippen LogP contribution in [0.5, 0.6) is 0 Å². The van der Waals surface area contributed by atoms with Crippen molar-refractivity contribution in [3.05, 3.63) is 54.1 Å². The number of imidazole rings is 1. The highest BCUT2D eigenvalue weighted by Gasteiger charge is 2.28. The number of benzene rings is 1. The summed E-state index contributed by atoms with van der Waals surface area (Å²) in [6, 6.07) is 10.3. The minimum Gasteiger partial charge on any atom is -0.338 e. The Kier molecular flexibility index (Phi) is 3.82. The number of hydrogen-bond acceptors (Lipinski definition) is 2. The Morgan fingerprint density at radius 3 is 2.56 bits per heavy atom. The molecule has 0 bridgehead atoms. The van der Waals surface area contributed by atoms with E-state index in [2.05, 4.69) is 24.0 Å². The Balaban J connectivity index is 2.30. The van der Waals surface area contributed by atoms with Gasteiger partial charge in [-0.1, -0.05) is 43.7 Å². The quantitative estimate of drug-likeness (QED) is 0.877. The second kappa shape index (κ2) is 5.36. The van der Waals surface area contributed by atoms with Gasteiger partial charge in [-0.05, 0) is 12.0 Å². The Hall–Kier alpha value is -1.61. The van der Waals surface area contributed by atoms with E-state index in [1.165, 1.54) is 5.56 Å². The number of aromatic nitrogens is 2. The van der Waals surface area contributed by atoms with Crippen molar-refractivity contribution in [2.24, 2.45) is 12.8 Å². The summed E-state index contributed by atoms with van der Waals surface area (Å²) in [6.07, 6.45) is 6.59. The van der Waals surface area contributed by atoms with Gasteiger partial charge >= 0.3 is 0 Å². The van der Waals surface area contributed by atoms with E-state index in [-0.39, 0.29) is 5.54 Å². The molecule has 0 amide bonds. The number of aryl methyl sites for hydroxylation is 1. The normalized spacial score (nSPS) is 14.4. The molecule has 1 unspecified atom stereocenters. The molecule has 0 radical (unpaired) electrons. The molecule has 3 heteroatoms. The molecule has 18 heavy (non-hydrogen) atoms. The zero-order valence-corrected chi connectivity index (χ0v) is 11.1. The Morgan fingerprint density at radius 1 is 1.28 bits per heavy atom. The minimum absolute atomic E-state index is 0.324. The second-order valence-corrected chi connectivity index (χ2v) is 4.90. The molecule has 0 aliphatic heterocycles. The standard InChI is InChI=1S/C15H21N3/c1-3-9-15(16,13-7-5-4-6-8-13)12-14-17-10-11-18(14)2/h4-8,10-11H,3,9,12,16H2,1-2H3. The Bertz CT molecular complexity index is 489. The SMILES string of the molecule is CCCC(N)(Cc1nccn1C)c1ccccc1. The number of nitrogens with two attached hydrogens (primary N) is 1. The van der Waals surface area contributed by atoms with E-state index in [1.807, 2.05) is 42.2 Å². The van der Waals surface area contributed by atoms with E-state index in [0.717, 1.165) is 25.1 Å². The van der Waals surface area contributed by atoms with Crippen molar-refractivity contribution in [1.29, 1.82) is 0 Å². The molecule has 96 valence electrons. The van der Waals surface area contributed by atoms with Gasteiger partial charge in [0, 0.05) is 31.4 Å². The third-order valence-electron chi connectivity index (χ3n) is 3.44. The molecule has 2 rings (SSSR count). The number of hydrogen-bond donors (Lipinski definition) is 1. The topological polar surface area (TPSA) is 43.8 Å². The Morgan fingerprint density at radius 2 is 2.00 bits per heavy atom. The van der Waals surface area contributed by atoms with Crippen LogP contribution >= 0.6 is 0 Å². The van der Waals surface area contributed by atoms with E-state index < -0.39 is 0 Å². The first-order valence-electron chi connectivity index (χ1n) is 6.46. The van der Waals surface area contributed by atoms with Gasteiger partial charge in [0.1, 0.15) is 5.82 Å². The van der Waals surface area contributed by atoms with Crippen LogP contribution in [0.15, 0.2) is 42.7 Å². The summed E-state index contributed by atoms with van der Waals surface area (Å²) in [5.74, 6) is 1.04. The van der Waals surface area contributed by atoms with E-state index >= 15 is 0 Å². The molecule has 3 nitrogen and oxygen atoms in total. The Labute approximate surface area is 109 Å². The lowest BCUT2D eigenvalue weighted by molar-refractivity contribution is 0.388. The van der Waals surface area contributed by atoms with Crippen LogP contribution in [0, 0.1) is 0 Å². The largest absolute Gasteiger partial charge is 0.338 e. The molecular weight excluding hydrogens is 222 g/mol. The second-order valence-electron chi connectivity index (χ2n) is 4.90. The lowest BCUT2D eigenvalue weighted by Crippen LogP contribution is -2.39. The summed E-state index contributed by atoms with van der Waals surface area (Å²) >= 11 is 0.